The lowest BCUT2D eigenvalue weighted by atomic mass is 10.2. The highest BCUT2D eigenvalue weighted by Crippen LogP contribution is 1.98. The number of unbranched alkanes of at least 4 members (excludes halogenated alkanes) is 3. The molecule has 1 nitrogen and oxygen atoms in total. The minimum absolute atomic E-state index is 1.02. The third-order valence-corrected chi connectivity index (χ3v) is 1.08. The van der Waals surface area contributed by atoms with Crippen molar-refractivity contribution >= 4 is 0 Å². The molecule has 0 aromatic heterocycles. The molecule has 0 unspecified atom stereocenters. The molecule has 0 aliphatic rings. The Kier molecular flexibility index (Phi) is 6.16. The number of rotatable bonds is 4. The van der Waals surface area contributed by atoms with Crippen molar-refractivity contribution in [1.82, 2.24) is 5.73 Å². The summed E-state index contributed by atoms with van der Waals surface area (Å²) in [7, 11) is 0. The maximum absolute atomic E-state index is 8.19. The zero-order chi connectivity index (χ0) is 6.24. The molecule has 0 bridgehead atoms. The number of nitrogens with zero attached hydrogens (tertiary/aromatic N) is 1. The molecular formula is C7H13N. The second kappa shape index (κ2) is 6.54. The maximum Gasteiger partial charge on any atom is 0.0455 e. The summed E-state index contributed by atoms with van der Waals surface area (Å²) in [6, 6.07) is 0. The fourth-order valence-corrected chi connectivity index (χ4v) is 0.587. The van der Waals surface area contributed by atoms with Crippen molar-refractivity contribution in [2.24, 2.45) is 0 Å². The van der Waals surface area contributed by atoms with Crippen molar-refractivity contribution < 1.29 is 0 Å². The zero-order valence-corrected chi connectivity index (χ0v) is 5.43. The molecule has 0 N–H and O–H groups in total. The Labute approximate surface area is 51.6 Å². The molecule has 0 aliphatic carbocycles. The number of hydrogen-bond donors (Lipinski definition) is 0. The molecule has 46 valence electrons. The largest absolute Gasteiger partial charge is 0.160 e. The van der Waals surface area contributed by atoms with E-state index in [9.17, 15) is 0 Å². The molecule has 0 aliphatic heterocycles. The van der Waals surface area contributed by atoms with E-state index >= 15 is 0 Å². The Morgan fingerprint density at radius 2 is 2.12 bits per heavy atom. The standard InChI is InChI=1S/C7H13N/c1-2-3-4-5-6-7-8/h6-7H,2-5H2,1H3/b7-6+. The van der Waals surface area contributed by atoms with Crippen LogP contribution in [0.3, 0.4) is 0 Å². The summed E-state index contributed by atoms with van der Waals surface area (Å²) in [5.41, 5.74) is 8.19. The van der Waals surface area contributed by atoms with Gasteiger partial charge in [-0.2, -0.15) is 5.73 Å². The molecule has 0 saturated heterocycles. The third kappa shape index (κ3) is 5.54. The Bertz CT molecular complexity index is 57.4. The molecule has 0 saturated carbocycles. The van der Waals surface area contributed by atoms with Crippen molar-refractivity contribution in [2.75, 3.05) is 0 Å². The van der Waals surface area contributed by atoms with Crippen LogP contribution in [0.2, 0.25) is 0 Å². The van der Waals surface area contributed by atoms with E-state index in [1.54, 1.807) is 6.08 Å². The van der Waals surface area contributed by atoms with E-state index in [-0.39, 0.29) is 0 Å². The van der Waals surface area contributed by atoms with E-state index in [1.165, 1.54) is 19.3 Å². The quantitative estimate of drug-likeness (QED) is 0.496. The van der Waals surface area contributed by atoms with Gasteiger partial charge in [-0.15, -0.1) is 0 Å². The monoisotopic (exact) mass is 111 g/mol. The Morgan fingerprint density at radius 3 is 2.62 bits per heavy atom. The van der Waals surface area contributed by atoms with Gasteiger partial charge < -0.3 is 0 Å². The van der Waals surface area contributed by atoms with Gasteiger partial charge in [0.15, 0.2) is 0 Å². The van der Waals surface area contributed by atoms with E-state index < -0.39 is 0 Å². The van der Waals surface area contributed by atoms with Crippen molar-refractivity contribution in [1.29, 1.82) is 0 Å². The van der Waals surface area contributed by atoms with Crippen molar-refractivity contribution in [3.05, 3.63) is 12.3 Å². The van der Waals surface area contributed by atoms with Crippen LogP contribution in [0.4, 0.5) is 0 Å². The van der Waals surface area contributed by atoms with E-state index in [2.05, 4.69) is 6.92 Å². The fraction of sp³-hybridized carbons (Fsp3) is 0.714. The molecule has 0 rings (SSSR count). The third-order valence-electron chi connectivity index (χ3n) is 1.08. The highest BCUT2D eigenvalue weighted by molar-refractivity contribution is 4.73. The summed E-state index contributed by atoms with van der Waals surface area (Å²) in [6.07, 6.45) is 7.65. The molecule has 8 heavy (non-hydrogen) atoms. The van der Waals surface area contributed by atoms with Crippen LogP contribution >= 0.6 is 0 Å². The van der Waals surface area contributed by atoms with Gasteiger partial charge in [-0.25, -0.2) is 0 Å². The number of hydrogen-bond acceptors (Lipinski definition) is 0. The Balaban J connectivity index is 2.72. The Hall–Kier alpha value is -0.460. The predicted octanol–water partition coefficient (Wildman–Crippen LogP) is 2.15. The predicted molar refractivity (Wildman–Crippen MR) is 35.4 cm³/mol. The summed E-state index contributed by atoms with van der Waals surface area (Å²) >= 11 is 0. The lowest BCUT2D eigenvalue weighted by Crippen LogP contribution is -1.69. The van der Waals surface area contributed by atoms with Gasteiger partial charge in [0.2, 0.25) is 0 Å². The normalized spacial score (nSPS) is 10.6. The first-order valence-corrected chi connectivity index (χ1v) is 3.21. The average Bonchev–Trinajstić information content (AvgIpc) is 1.81. The average molecular weight is 111 g/mol. The SMILES string of the molecule is CCCCC/C=C/[N]. The maximum atomic E-state index is 8.19. The van der Waals surface area contributed by atoms with Crippen LogP contribution in [-0.2, 0) is 0 Å². The summed E-state index contributed by atoms with van der Waals surface area (Å²) < 4.78 is 0. The molecule has 2 radical (unpaired) electrons. The van der Waals surface area contributed by atoms with E-state index in [0.717, 1.165) is 12.6 Å². The summed E-state index contributed by atoms with van der Waals surface area (Å²) in [4.78, 5) is 0. The molecule has 0 spiro atoms. The van der Waals surface area contributed by atoms with Crippen molar-refractivity contribution in [3.63, 3.8) is 0 Å². The highest BCUT2D eigenvalue weighted by Gasteiger charge is 1.79. The summed E-state index contributed by atoms with van der Waals surface area (Å²) in [5.74, 6) is 0. The van der Waals surface area contributed by atoms with E-state index in [0.29, 0.717) is 0 Å². The summed E-state index contributed by atoms with van der Waals surface area (Å²) in [5, 5.41) is 0. The molecule has 0 heterocycles. The Morgan fingerprint density at radius 1 is 1.38 bits per heavy atom. The van der Waals surface area contributed by atoms with Crippen molar-refractivity contribution in [2.45, 2.75) is 32.6 Å². The molecular weight excluding hydrogens is 98.1 g/mol. The van der Waals surface area contributed by atoms with Crippen LogP contribution in [0.25, 0.3) is 0 Å². The van der Waals surface area contributed by atoms with Gasteiger partial charge in [-0.3, -0.25) is 0 Å². The first-order chi connectivity index (χ1) is 3.91. The second-order valence-electron chi connectivity index (χ2n) is 1.88. The van der Waals surface area contributed by atoms with Crippen LogP contribution in [0.1, 0.15) is 32.6 Å². The molecule has 0 amide bonds. The van der Waals surface area contributed by atoms with Gasteiger partial charge >= 0.3 is 0 Å². The number of allylic oxidation sites excluding steroid dienone is 1. The van der Waals surface area contributed by atoms with Gasteiger partial charge in [-0.1, -0.05) is 25.8 Å². The molecule has 0 aromatic carbocycles. The molecule has 0 fully saturated rings. The van der Waals surface area contributed by atoms with Crippen LogP contribution in [0.15, 0.2) is 12.3 Å². The van der Waals surface area contributed by atoms with E-state index in [1.807, 2.05) is 0 Å². The summed E-state index contributed by atoms with van der Waals surface area (Å²) in [6.45, 7) is 2.17. The van der Waals surface area contributed by atoms with E-state index in [4.69, 9.17) is 5.73 Å². The first-order valence-electron chi connectivity index (χ1n) is 3.21. The smallest absolute Gasteiger partial charge is 0.0455 e. The van der Waals surface area contributed by atoms with Gasteiger partial charge in [0.1, 0.15) is 0 Å². The first kappa shape index (κ1) is 7.54. The lowest BCUT2D eigenvalue weighted by Gasteiger charge is -1.88. The lowest BCUT2D eigenvalue weighted by molar-refractivity contribution is 0.728. The molecule has 0 aromatic rings. The van der Waals surface area contributed by atoms with Gasteiger partial charge in [0.05, 0.1) is 0 Å². The zero-order valence-electron chi connectivity index (χ0n) is 5.43. The van der Waals surface area contributed by atoms with Crippen molar-refractivity contribution in [3.8, 4) is 0 Å². The second-order valence-corrected chi connectivity index (χ2v) is 1.88. The van der Waals surface area contributed by atoms with Gasteiger partial charge in [-0.05, 0) is 12.8 Å². The highest BCUT2D eigenvalue weighted by atomic mass is 14.5. The minimum atomic E-state index is 1.02. The van der Waals surface area contributed by atoms with Gasteiger partial charge in [0.25, 0.3) is 0 Å². The fourth-order valence-electron chi connectivity index (χ4n) is 0.587. The van der Waals surface area contributed by atoms with Crippen LogP contribution < -0.4 is 5.73 Å². The van der Waals surface area contributed by atoms with Gasteiger partial charge in [0, 0.05) is 6.20 Å². The molecule has 0 atom stereocenters. The van der Waals surface area contributed by atoms with Crippen LogP contribution in [0.5, 0.6) is 0 Å². The van der Waals surface area contributed by atoms with Crippen LogP contribution in [0, 0.1) is 0 Å². The van der Waals surface area contributed by atoms with Crippen LogP contribution in [-0.4, -0.2) is 0 Å². The topological polar surface area (TPSA) is 22.3 Å². The molecule has 1 heteroatoms. The minimum Gasteiger partial charge on any atom is -0.160 e.